The van der Waals surface area contributed by atoms with Crippen LogP contribution in [0.15, 0.2) is 53.4 Å². The quantitative estimate of drug-likeness (QED) is 0.559. The molecule has 0 aromatic heterocycles. The molecule has 29 heavy (non-hydrogen) atoms. The number of amides is 1. The monoisotopic (exact) mass is 422 g/mol. The summed E-state index contributed by atoms with van der Waals surface area (Å²) in [5.41, 5.74) is 0.522. The molecule has 2 aromatic rings. The van der Waals surface area contributed by atoms with Crippen molar-refractivity contribution in [3.05, 3.63) is 48.5 Å². The van der Waals surface area contributed by atoms with Gasteiger partial charge in [-0.25, -0.2) is 8.42 Å². The van der Waals surface area contributed by atoms with Crippen molar-refractivity contribution < 1.29 is 27.4 Å². The van der Waals surface area contributed by atoms with Crippen molar-refractivity contribution >= 4 is 21.6 Å². The molecule has 0 fully saturated rings. The first-order valence-corrected chi connectivity index (χ1v) is 10.5. The minimum atomic E-state index is -3.82. The van der Waals surface area contributed by atoms with Crippen LogP contribution in [0.1, 0.15) is 6.92 Å². The van der Waals surface area contributed by atoms with Crippen LogP contribution >= 0.6 is 0 Å². The first kappa shape index (κ1) is 22.7. The summed E-state index contributed by atoms with van der Waals surface area (Å²) in [6.45, 7) is 3.02. The fraction of sp³-hybridized carbons (Fsp3) is 0.350. The number of carbonyl (C=O) groups excluding carboxylic acids is 1. The van der Waals surface area contributed by atoms with Crippen LogP contribution < -0.4 is 14.8 Å². The van der Waals surface area contributed by atoms with Crippen LogP contribution in [0.2, 0.25) is 0 Å². The van der Waals surface area contributed by atoms with Crippen LogP contribution in [-0.2, 0) is 19.6 Å². The van der Waals surface area contributed by atoms with E-state index in [4.69, 9.17) is 14.2 Å². The number of carbonyl (C=O) groups is 1. The first-order valence-electron chi connectivity index (χ1n) is 9.07. The third kappa shape index (κ3) is 6.74. The fourth-order valence-electron chi connectivity index (χ4n) is 2.44. The normalized spacial score (nSPS) is 11.3. The number of hydrogen-bond donors (Lipinski definition) is 1. The van der Waals surface area contributed by atoms with Crippen molar-refractivity contribution in [1.29, 1.82) is 0 Å². The zero-order valence-corrected chi connectivity index (χ0v) is 17.6. The molecular formula is C20H26N2O6S. The van der Waals surface area contributed by atoms with E-state index in [0.29, 0.717) is 37.0 Å². The lowest BCUT2D eigenvalue weighted by Gasteiger charge is -2.17. The van der Waals surface area contributed by atoms with Gasteiger partial charge in [-0.15, -0.1) is 0 Å². The van der Waals surface area contributed by atoms with Crippen molar-refractivity contribution in [3.63, 3.8) is 0 Å². The molecular weight excluding hydrogens is 396 g/mol. The lowest BCUT2D eigenvalue weighted by molar-refractivity contribution is -0.116. The number of ether oxygens (including phenoxy) is 3. The average Bonchev–Trinajstić information content (AvgIpc) is 2.71. The second-order valence-corrected chi connectivity index (χ2v) is 8.10. The molecule has 0 saturated carbocycles. The molecule has 0 atom stereocenters. The number of anilines is 1. The van der Waals surface area contributed by atoms with Crippen molar-refractivity contribution in [2.24, 2.45) is 0 Å². The van der Waals surface area contributed by atoms with Crippen molar-refractivity contribution in [2.75, 3.05) is 45.8 Å². The minimum absolute atomic E-state index is 0.0753. The highest BCUT2D eigenvalue weighted by Gasteiger charge is 2.23. The largest absolute Gasteiger partial charge is 0.497 e. The van der Waals surface area contributed by atoms with E-state index in [2.05, 4.69) is 5.32 Å². The Morgan fingerprint density at radius 2 is 1.79 bits per heavy atom. The van der Waals surface area contributed by atoms with Crippen LogP contribution in [-0.4, -0.2) is 59.2 Å². The smallest absolute Gasteiger partial charge is 0.243 e. The highest BCUT2D eigenvalue weighted by Crippen LogP contribution is 2.20. The van der Waals surface area contributed by atoms with E-state index in [0.717, 1.165) is 4.31 Å². The Balaban J connectivity index is 1.96. The van der Waals surface area contributed by atoms with E-state index < -0.39 is 15.9 Å². The van der Waals surface area contributed by atoms with Gasteiger partial charge in [0.1, 0.15) is 18.1 Å². The van der Waals surface area contributed by atoms with Crippen molar-refractivity contribution in [2.45, 2.75) is 11.8 Å². The Morgan fingerprint density at radius 1 is 1.07 bits per heavy atom. The number of methoxy groups -OCH3 is 1. The highest BCUT2D eigenvalue weighted by atomic mass is 32.2. The summed E-state index contributed by atoms with van der Waals surface area (Å²) in [7, 11) is -0.939. The maximum absolute atomic E-state index is 12.7. The van der Waals surface area contributed by atoms with Gasteiger partial charge in [-0.1, -0.05) is 6.07 Å². The molecule has 1 N–H and O–H groups in total. The number of benzene rings is 2. The third-order valence-corrected chi connectivity index (χ3v) is 5.77. The summed E-state index contributed by atoms with van der Waals surface area (Å²) in [4.78, 5) is 12.3. The SMILES string of the molecule is CCOCCOc1ccc(S(=O)(=O)N(C)CC(=O)Nc2cccc(OC)c2)cc1. The number of sulfonamides is 1. The number of nitrogens with zero attached hydrogens (tertiary/aromatic N) is 1. The standard InChI is InChI=1S/C20H26N2O6S/c1-4-27-12-13-28-17-8-10-19(11-9-17)29(24,25)22(2)15-20(23)21-16-6-5-7-18(14-16)26-3/h5-11,14H,4,12-13,15H2,1-3H3,(H,21,23). The predicted molar refractivity (Wildman–Crippen MR) is 110 cm³/mol. The number of nitrogens with one attached hydrogen (secondary N) is 1. The Hall–Kier alpha value is -2.62. The molecule has 0 spiro atoms. The van der Waals surface area contributed by atoms with Crippen LogP contribution in [0, 0.1) is 0 Å². The van der Waals surface area contributed by atoms with E-state index in [-0.39, 0.29) is 11.4 Å². The Bertz CT molecular complexity index is 899. The Kier molecular flexibility index (Phi) is 8.44. The van der Waals surface area contributed by atoms with Gasteiger partial charge < -0.3 is 19.5 Å². The van der Waals surface area contributed by atoms with Gasteiger partial charge >= 0.3 is 0 Å². The second-order valence-electron chi connectivity index (χ2n) is 6.06. The zero-order chi connectivity index (χ0) is 21.3. The topological polar surface area (TPSA) is 94.2 Å². The van der Waals surface area contributed by atoms with E-state index in [1.807, 2.05) is 6.92 Å². The van der Waals surface area contributed by atoms with Gasteiger partial charge in [0, 0.05) is 25.4 Å². The van der Waals surface area contributed by atoms with Gasteiger partial charge in [-0.05, 0) is 43.3 Å². The summed E-state index contributed by atoms with van der Waals surface area (Å²) in [5, 5.41) is 2.66. The third-order valence-electron chi connectivity index (χ3n) is 3.95. The van der Waals surface area contributed by atoms with Gasteiger partial charge in [0.2, 0.25) is 15.9 Å². The number of rotatable bonds is 11. The average molecular weight is 423 g/mol. The van der Waals surface area contributed by atoms with Crippen molar-refractivity contribution in [1.82, 2.24) is 4.31 Å². The molecule has 0 heterocycles. The van der Waals surface area contributed by atoms with Gasteiger partial charge in [0.25, 0.3) is 0 Å². The summed E-state index contributed by atoms with van der Waals surface area (Å²) in [6.07, 6.45) is 0. The molecule has 8 nitrogen and oxygen atoms in total. The molecule has 0 saturated heterocycles. The molecule has 1 amide bonds. The molecule has 2 aromatic carbocycles. The van der Waals surface area contributed by atoms with Crippen LogP contribution in [0.5, 0.6) is 11.5 Å². The van der Waals surface area contributed by atoms with E-state index in [1.54, 1.807) is 36.4 Å². The molecule has 158 valence electrons. The lowest BCUT2D eigenvalue weighted by Crippen LogP contribution is -2.34. The molecule has 0 aliphatic rings. The van der Waals surface area contributed by atoms with E-state index >= 15 is 0 Å². The maximum atomic E-state index is 12.7. The van der Waals surface area contributed by atoms with E-state index in [9.17, 15) is 13.2 Å². The second kappa shape index (κ2) is 10.8. The van der Waals surface area contributed by atoms with Crippen LogP contribution in [0.3, 0.4) is 0 Å². The molecule has 0 bridgehead atoms. The molecule has 2 rings (SSSR count). The maximum Gasteiger partial charge on any atom is 0.243 e. The Labute approximate surface area is 171 Å². The summed E-state index contributed by atoms with van der Waals surface area (Å²) in [6, 6.07) is 12.9. The van der Waals surface area contributed by atoms with Gasteiger partial charge in [0.05, 0.1) is 25.2 Å². The van der Waals surface area contributed by atoms with Crippen LogP contribution in [0.4, 0.5) is 5.69 Å². The number of hydrogen-bond acceptors (Lipinski definition) is 6. The highest BCUT2D eigenvalue weighted by molar-refractivity contribution is 7.89. The van der Waals surface area contributed by atoms with E-state index in [1.165, 1.54) is 26.3 Å². The van der Waals surface area contributed by atoms with Gasteiger partial charge in [0.15, 0.2) is 0 Å². The van der Waals surface area contributed by atoms with Gasteiger partial charge in [-0.3, -0.25) is 4.79 Å². The summed E-state index contributed by atoms with van der Waals surface area (Å²) in [5.74, 6) is 0.676. The molecule has 0 unspecified atom stereocenters. The minimum Gasteiger partial charge on any atom is -0.497 e. The summed E-state index contributed by atoms with van der Waals surface area (Å²) < 4.78 is 42.1. The van der Waals surface area contributed by atoms with Crippen molar-refractivity contribution in [3.8, 4) is 11.5 Å². The zero-order valence-electron chi connectivity index (χ0n) is 16.8. The number of likely N-dealkylation sites (N-methyl/N-ethyl adjacent to an activating group) is 1. The molecule has 9 heteroatoms. The summed E-state index contributed by atoms with van der Waals surface area (Å²) >= 11 is 0. The van der Waals surface area contributed by atoms with Gasteiger partial charge in [-0.2, -0.15) is 4.31 Å². The predicted octanol–water partition coefficient (Wildman–Crippen LogP) is 2.37. The fourth-order valence-corrected chi connectivity index (χ4v) is 3.57. The molecule has 0 aliphatic carbocycles. The molecule has 0 radical (unpaired) electrons. The lowest BCUT2D eigenvalue weighted by atomic mass is 10.3. The van der Waals surface area contributed by atoms with Crippen LogP contribution in [0.25, 0.3) is 0 Å². The molecule has 0 aliphatic heterocycles. The Morgan fingerprint density at radius 3 is 2.45 bits per heavy atom. The first-order chi connectivity index (χ1) is 13.9.